The molecule has 4 atom stereocenters. The van der Waals surface area contributed by atoms with Crippen LogP contribution in [0.2, 0.25) is 0 Å². The van der Waals surface area contributed by atoms with Crippen molar-refractivity contribution < 1.29 is 0 Å². The highest BCUT2D eigenvalue weighted by Gasteiger charge is 2.44. The maximum atomic E-state index is 4.84. The summed E-state index contributed by atoms with van der Waals surface area (Å²) in [6.45, 7) is 2.36. The van der Waals surface area contributed by atoms with Crippen molar-refractivity contribution in [1.82, 2.24) is 0 Å². The third-order valence-electron chi connectivity index (χ3n) is 3.55. The van der Waals surface area contributed by atoms with E-state index in [0.717, 1.165) is 11.8 Å². The van der Waals surface area contributed by atoms with Crippen molar-refractivity contribution in [1.29, 1.82) is 0 Å². The zero-order chi connectivity index (χ0) is 8.77. The average molecular weight is 202 g/mol. The molecule has 2 heteroatoms. The highest BCUT2D eigenvalue weighted by Crippen LogP contribution is 2.50. The number of hydrogen-bond donors (Lipinski definition) is 2. The molecule has 12 heavy (non-hydrogen) atoms. The summed E-state index contributed by atoms with van der Waals surface area (Å²) in [7, 11) is 0. The van der Waals surface area contributed by atoms with Gasteiger partial charge in [-0.05, 0) is 43.9 Å². The summed E-state index contributed by atoms with van der Waals surface area (Å²) in [4.78, 5) is 0. The van der Waals surface area contributed by atoms with Crippen LogP contribution in [0.15, 0.2) is 0 Å². The maximum absolute atomic E-state index is 4.84. The lowest BCUT2D eigenvalue weighted by atomic mass is 9.67. The van der Waals surface area contributed by atoms with E-state index in [1.54, 1.807) is 0 Å². The Labute approximate surface area is 86.3 Å². The third-order valence-corrected chi connectivity index (χ3v) is 5.18. The topological polar surface area (TPSA) is 0 Å². The van der Waals surface area contributed by atoms with Gasteiger partial charge in [-0.3, -0.25) is 0 Å². The first-order chi connectivity index (χ1) is 5.60. The van der Waals surface area contributed by atoms with Crippen LogP contribution in [0.3, 0.4) is 0 Å². The van der Waals surface area contributed by atoms with Crippen LogP contribution in [0.1, 0.15) is 39.0 Å². The molecule has 0 aromatic rings. The van der Waals surface area contributed by atoms with E-state index in [-0.39, 0.29) is 4.75 Å². The fourth-order valence-electron chi connectivity index (χ4n) is 3.08. The van der Waals surface area contributed by atoms with Crippen molar-refractivity contribution >= 4 is 25.3 Å². The molecule has 0 N–H and O–H groups in total. The quantitative estimate of drug-likeness (QED) is 0.554. The Morgan fingerprint density at radius 1 is 1.25 bits per heavy atom. The van der Waals surface area contributed by atoms with Crippen LogP contribution in [0.25, 0.3) is 0 Å². The first kappa shape index (κ1) is 9.26. The van der Waals surface area contributed by atoms with Gasteiger partial charge >= 0.3 is 0 Å². The van der Waals surface area contributed by atoms with Crippen molar-refractivity contribution in [3.05, 3.63) is 0 Å². The Bertz CT molecular complexity index is 177. The second kappa shape index (κ2) is 3.13. The summed E-state index contributed by atoms with van der Waals surface area (Å²) in [6, 6.07) is 0. The molecule has 0 saturated heterocycles. The lowest BCUT2D eigenvalue weighted by Gasteiger charge is -2.48. The summed E-state index contributed by atoms with van der Waals surface area (Å²) in [5.74, 6) is 1.82. The predicted octanol–water partition coefficient (Wildman–Crippen LogP) is 3.18. The molecular weight excluding hydrogens is 184 g/mol. The van der Waals surface area contributed by atoms with Crippen molar-refractivity contribution in [2.45, 2.75) is 49.0 Å². The van der Waals surface area contributed by atoms with Crippen molar-refractivity contribution in [3.8, 4) is 0 Å². The Morgan fingerprint density at radius 3 is 2.75 bits per heavy atom. The van der Waals surface area contributed by atoms with Gasteiger partial charge in [-0.25, -0.2) is 0 Å². The van der Waals surface area contributed by atoms with Gasteiger partial charge in [0.25, 0.3) is 0 Å². The highest BCUT2D eigenvalue weighted by atomic mass is 32.1. The van der Waals surface area contributed by atoms with Crippen LogP contribution < -0.4 is 0 Å². The molecule has 0 nitrogen and oxygen atoms in total. The molecular formula is C10H18S2. The van der Waals surface area contributed by atoms with Crippen molar-refractivity contribution in [3.63, 3.8) is 0 Å². The summed E-state index contributed by atoms with van der Waals surface area (Å²) >= 11 is 9.50. The van der Waals surface area contributed by atoms with Crippen molar-refractivity contribution in [2.24, 2.45) is 11.8 Å². The fourth-order valence-corrected chi connectivity index (χ4v) is 4.14. The molecule has 0 radical (unpaired) electrons. The Balaban J connectivity index is 2.15. The van der Waals surface area contributed by atoms with Crippen LogP contribution in [-0.4, -0.2) is 10.00 Å². The third kappa shape index (κ3) is 1.52. The minimum absolute atomic E-state index is 0.268. The summed E-state index contributed by atoms with van der Waals surface area (Å²) in [5, 5.41) is 0.542. The standard InChI is InChI=1S/C10H18S2/c1-7-4-8-2-3-9(11)10(12,5-7)6-8/h7-9,11-12H,2-6H2,1H3/t7?,8-,9?,10?/m1/s1. The molecule has 2 saturated carbocycles. The lowest BCUT2D eigenvalue weighted by Crippen LogP contribution is -2.45. The average Bonchev–Trinajstić information content (AvgIpc) is 1.96. The molecule has 0 spiro atoms. The van der Waals surface area contributed by atoms with Crippen LogP contribution in [0.5, 0.6) is 0 Å². The normalized spacial score (nSPS) is 53.8. The van der Waals surface area contributed by atoms with Gasteiger partial charge in [-0.2, -0.15) is 25.3 Å². The molecule has 3 unspecified atom stereocenters. The first-order valence-corrected chi connectivity index (χ1v) is 5.97. The van der Waals surface area contributed by atoms with Gasteiger partial charge in [-0.1, -0.05) is 6.92 Å². The first-order valence-electron chi connectivity index (χ1n) is 5.00. The minimum atomic E-state index is 0.268. The van der Waals surface area contributed by atoms with Gasteiger partial charge in [0.2, 0.25) is 0 Å². The predicted molar refractivity (Wildman–Crippen MR) is 60.2 cm³/mol. The zero-order valence-electron chi connectivity index (χ0n) is 7.66. The molecule has 2 fully saturated rings. The van der Waals surface area contributed by atoms with E-state index in [0.29, 0.717) is 5.25 Å². The summed E-state index contributed by atoms with van der Waals surface area (Å²) in [5.41, 5.74) is 0. The number of thiol groups is 2. The number of rotatable bonds is 0. The minimum Gasteiger partial charge on any atom is -0.174 e. The second-order valence-corrected chi connectivity index (χ2v) is 6.33. The molecule has 2 rings (SSSR count). The monoisotopic (exact) mass is 202 g/mol. The van der Waals surface area contributed by atoms with E-state index < -0.39 is 0 Å². The smallest absolute Gasteiger partial charge is 0.0251 e. The summed E-state index contributed by atoms with van der Waals surface area (Å²) < 4.78 is 0.268. The van der Waals surface area contributed by atoms with Gasteiger partial charge in [0.1, 0.15) is 0 Å². The van der Waals surface area contributed by atoms with Crippen LogP contribution in [-0.2, 0) is 0 Å². The summed E-state index contributed by atoms with van der Waals surface area (Å²) in [6.07, 6.45) is 6.70. The van der Waals surface area contributed by atoms with E-state index in [2.05, 4.69) is 19.6 Å². The molecule has 0 aromatic carbocycles. The molecule has 70 valence electrons. The van der Waals surface area contributed by atoms with Gasteiger partial charge < -0.3 is 0 Å². The highest BCUT2D eigenvalue weighted by molar-refractivity contribution is 7.85. The van der Waals surface area contributed by atoms with Crippen LogP contribution in [0, 0.1) is 11.8 Å². The van der Waals surface area contributed by atoms with Gasteiger partial charge in [-0.15, -0.1) is 0 Å². The van der Waals surface area contributed by atoms with E-state index in [9.17, 15) is 0 Å². The molecule has 2 aliphatic carbocycles. The van der Waals surface area contributed by atoms with E-state index in [4.69, 9.17) is 12.6 Å². The number of fused-ring (bicyclic) bond motifs is 2. The van der Waals surface area contributed by atoms with Crippen LogP contribution in [0.4, 0.5) is 0 Å². The molecule has 0 amide bonds. The Hall–Kier alpha value is 0.700. The fraction of sp³-hybridized carbons (Fsp3) is 1.00. The van der Waals surface area contributed by atoms with E-state index >= 15 is 0 Å². The SMILES string of the molecule is CC1C[C@H]2CCC(S)C(S)(C1)C2. The Morgan fingerprint density at radius 2 is 2.00 bits per heavy atom. The number of hydrogen-bond acceptors (Lipinski definition) is 2. The molecule has 2 aliphatic rings. The van der Waals surface area contributed by atoms with Gasteiger partial charge in [0.05, 0.1) is 0 Å². The van der Waals surface area contributed by atoms with Crippen LogP contribution >= 0.6 is 25.3 Å². The van der Waals surface area contributed by atoms with Gasteiger partial charge in [0, 0.05) is 10.00 Å². The molecule has 2 bridgehead atoms. The second-order valence-electron chi connectivity index (χ2n) is 4.81. The largest absolute Gasteiger partial charge is 0.174 e. The van der Waals surface area contributed by atoms with Crippen molar-refractivity contribution in [2.75, 3.05) is 0 Å². The van der Waals surface area contributed by atoms with Gasteiger partial charge in [0.15, 0.2) is 0 Å². The molecule has 0 heterocycles. The maximum Gasteiger partial charge on any atom is 0.0251 e. The zero-order valence-corrected chi connectivity index (χ0v) is 9.45. The van der Waals surface area contributed by atoms with E-state index in [1.165, 1.54) is 32.1 Å². The molecule has 0 aliphatic heterocycles. The van der Waals surface area contributed by atoms with E-state index in [1.807, 2.05) is 0 Å². The lowest BCUT2D eigenvalue weighted by molar-refractivity contribution is 0.178. The molecule has 0 aromatic heterocycles. The Kier molecular flexibility index (Phi) is 2.41.